The number of halogens is 1. The Morgan fingerprint density at radius 3 is 2.89 bits per heavy atom. The minimum atomic E-state index is 0.192. The van der Waals surface area contributed by atoms with E-state index in [2.05, 4.69) is 34.2 Å². The summed E-state index contributed by atoms with van der Waals surface area (Å²) in [6.45, 7) is 2.06. The number of furan rings is 1. The Morgan fingerprint density at radius 2 is 2.22 bits per heavy atom. The van der Waals surface area contributed by atoms with Crippen molar-refractivity contribution in [3.8, 4) is 6.07 Å². The number of hydrogen-bond acceptors (Lipinski definition) is 3. The molecule has 18 heavy (non-hydrogen) atoms. The Bertz CT molecular complexity index is 558. The minimum absolute atomic E-state index is 0.192. The van der Waals surface area contributed by atoms with E-state index in [0.717, 1.165) is 22.3 Å². The third-order valence-electron chi connectivity index (χ3n) is 2.61. The second kappa shape index (κ2) is 5.74. The third kappa shape index (κ3) is 2.93. The van der Waals surface area contributed by atoms with Gasteiger partial charge in [0.05, 0.1) is 17.5 Å². The molecular formula is C14H13BrN2O. The molecule has 1 N–H and O–H groups in total. The summed E-state index contributed by atoms with van der Waals surface area (Å²) in [6.07, 6.45) is 2.45. The van der Waals surface area contributed by atoms with Crippen molar-refractivity contribution in [1.29, 1.82) is 5.26 Å². The van der Waals surface area contributed by atoms with Gasteiger partial charge in [-0.2, -0.15) is 5.26 Å². The first kappa shape index (κ1) is 12.7. The van der Waals surface area contributed by atoms with Gasteiger partial charge in [0.15, 0.2) is 0 Å². The van der Waals surface area contributed by atoms with Gasteiger partial charge in [-0.1, -0.05) is 6.07 Å². The third-order valence-corrected chi connectivity index (χ3v) is 3.28. The fraction of sp³-hybridized carbons (Fsp3) is 0.214. The Hall–Kier alpha value is -1.73. The van der Waals surface area contributed by atoms with Crippen LogP contribution in [0.25, 0.3) is 0 Å². The molecule has 0 spiro atoms. The van der Waals surface area contributed by atoms with E-state index in [-0.39, 0.29) is 6.04 Å². The van der Waals surface area contributed by atoms with Gasteiger partial charge in [-0.3, -0.25) is 0 Å². The van der Waals surface area contributed by atoms with Gasteiger partial charge >= 0.3 is 0 Å². The summed E-state index contributed by atoms with van der Waals surface area (Å²) in [4.78, 5) is 0. The summed E-state index contributed by atoms with van der Waals surface area (Å²) in [5, 5.41) is 12.5. The van der Waals surface area contributed by atoms with Crippen molar-refractivity contribution in [3.63, 3.8) is 0 Å². The van der Waals surface area contributed by atoms with E-state index in [9.17, 15) is 0 Å². The van der Waals surface area contributed by atoms with Gasteiger partial charge in [-0.15, -0.1) is 0 Å². The predicted octanol–water partition coefficient (Wildman–Crippen LogP) is 3.96. The van der Waals surface area contributed by atoms with Crippen molar-refractivity contribution in [1.82, 2.24) is 0 Å². The smallest absolute Gasteiger partial charge is 0.105 e. The molecule has 0 aliphatic rings. The van der Waals surface area contributed by atoms with E-state index in [0.29, 0.717) is 5.56 Å². The number of hydrogen-bond donors (Lipinski definition) is 1. The number of nitrogens with zero attached hydrogens (tertiary/aromatic N) is 1. The molecule has 1 aromatic carbocycles. The summed E-state index contributed by atoms with van der Waals surface area (Å²) < 4.78 is 6.11. The molecule has 1 aromatic heterocycles. The van der Waals surface area contributed by atoms with Crippen LogP contribution in [0.4, 0.5) is 5.69 Å². The Kier molecular flexibility index (Phi) is 4.06. The van der Waals surface area contributed by atoms with E-state index in [1.807, 2.05) is 30.3 Å². The first-order valence-electron chi connectivity index (χ1n) is 5.68. The molecule has 0 fully saturated rings. The summed E-state index contributed by atoms with van der Waals surface area (Å²) in [5.74, 6) is 0.934. The molecule has 4 heteroatoms. The van der Waals surface area contributed by atoms with Crippen LogP contribution >= 0.6 is 15.9 Å². The molecule has 0 bridgehead atoms. The summed E-state index contributed by atoms with van der Waals surface area (Å²) in [5.41, 5.74) is 1.47. The minimum Gasteiger partial charge on any atom is -0.469 e. The van der Waals surface area contributed by atoms with Gasteiger partial charge in [0.1, 0.15) is 11.8 Å². The molecule has 1 heterocycles. The summed E-state index contributed by atoms with van der Waals surface area (Å²) >= 11 is 3.38. The summed E-state index contributed by atoms with van der Waals surface area (Å²) in [6, 6.07) is 11.9. The highest BCUT2D eigenvalue weighted by Crippen LogP contribution is 2.24. The van der Waals surface area contributed by atoms with Crippen molar-refractivity contribution >= 4 is 21.6 Å². The van der Waals surface area contributed by atoms with Crippen molar-refractivity contribution in [2.24, 2.45) is 0 Å². The lowest BCUT2D eigenvalue weighted by Crippen LogP contribution is -2.18. The maximum atomic E-state index is 9.13. The van der Waals surface area contributed by atoms with Gasteiger partial charge in [0.25, 0.3) is 0 Å². The van der Waals surface area contributed by atoms with E-state index in [1.165, 1.54) is 0 Å². The number of anilines is 1. The van der Waals surface area contributed by atoms with Gasteiger partial charge in [0, 0.05) is 16.9 Å². The van der Waals surface area contributed by atoms with Gasteiger partial charge in [-0.25, -0.2) is 0 Å². The van der Waals surface area contributed by atoms with Crippen LogP contribution in [0, 0.1) is 11.3 Å². The molecule has 92 valence electrons. The molecule has 0 radical (unpaired) electrons. The number of nitrogens with one attached hydrogen (secondary N) is 1. The maximum absolute atomic E-state index is 9.13. The number of nitriles is 1. The van der Waals surface area contributed by atoms with Gasteiger partial charge in [-0.05, 0) is 47.1 Å². The fourth-order valence-corrected chi connectivity index (χ4v) is 2.26. The van der Waals surface area contributed by atoms with Crippen LogP contribution in [0.5, 0.6) is 0 Å². The molecule has 0 amide bonds. The molecule has 1 atom stereocenters. The molecule has 2 aromatic rings. The normalized spacial score (nSPS) is 11.8. The molecule has 3 nitrogen and oxygen atoms in total. The largest absolute Gasteiger partial charge is 0.469 e. The van der Waals surface area contributed by atoms with Crippen molar-refractivity contribution in [2.75, 3.05) is 5.32 Å². The SMILES string of the molecule is CC(Cc1ccco1)Nc1cccc(Br)c1C#N. The zero-order chi connectivity index (χ0) is 13.0. The molecule has 1 unspecified atom stereocenters. The van der Waals surface area contributed by atoms with E-state index in [4.69, 9.17) is 9.68 Å². The van der Waals surface area contributed by atoms with Crippen LogP contribution in [0.2, 0.25) is 0 Å². The molecule has 0 aliphatic carbocycles. The standard InChI is InChI=1S/C14H13BrN2O/c1-10(8-11-4-3-7-18-11)17-14-6-2-5-13(15)12(14)9-16/h2-7,10,17H,8H2,1H3. The molecule has 0 saturated heterocycles. The fourth-order valence-electron chi connectivity index (χ4n) is 1.81. The molecule has 2 rings (SSSR count). The van der Waals surface area contributed by atoms with E-state index < -0.39 is 0 Å². The van der Waals surface area contributed by atoms with E-state index in [1.54, 1.807) is 6.26 Å². The molecule has 0 aliphatic heterocycles. The van der Waals surface area contributed by atoms with Crippen molar-refractivity contribution in [3.05, 3.63) is 52.4 Å². The van der Waals surface area contributed by atoms with Crippen LogP contribution in [0.3, 0.4) is 0 Å². The van der Waals surface area contributed by atoms with Crippen LogP contribution in [0.1, 0.15) is 18.2 Å². The average Bonchev–Trinajstić information content (AvgIpc) is 2.82. The highest BCUT2D eigenvalue weighted by atomic mass is 79.9. The second-order valence-electron chi connectivity index (χ2n) is 4.10. The van der Waals surface area contributed by atoms with Crippen molar-refractivity contribution < 1.29 is 4.42 Å². The zero-order valence-electron chi connectivity index (χ0n) is 9.98. The lowest BCUT2D eigenvalue weighted by Gasteiger charge is -2.15. The Morgan fingerprint density at radius 1 is 1.39 bits per heavy atom. The van der Waals surface area contributed by atoms with E-state index >= 15 is 0 Å². The predicted molar refractivity (Wildman–Crippen MR) is 74.4 cm³/mol. The van der Waals surface area contributed by atoms with Crippen LogP contribution in [-0.2, 0) is 6.42 Å². The number of benzene rings is 1. The summed E-state index contributed by atoms with van der Waals surface area (Å²) in [7, 11) is 0. The lowest BCUT2D eigenvalue weighted by molar-refractivity contribution is 0.498. The monoisotopic (exact) mass is 304 g/mol. The van der Waals surface area contributed by atoms with Crippen LogP contribution in [0.15, 0.2) is 45.5 Å². The van der Waals surface area contributed by atoms with Gasteiger partial charge < -0.3 is 9.73 Å². The number of rotatable bonds is 4. The topological polar surface area (TPSA) is 49.0 Å². The van der Waals surface area contributed by atoms with Crippen LogP contribution < -0.4 is 5.32 Å². The van der Waals surface area contributed by atoms with Gasteiger partial charge in [0.2, 0.25) is 0 Å². The highest BCUT2D eigenvalue weighted by Gasteiger charge is 2.10. The molecule has 0 saturated carbocycles. The molecular weight excluding hydrogens is 292 g/mol. The van der Waals surface area contributed by atoms with Crippen LogP contribution in [-0.4, -0.2) is 6.04 Å². The average molecular weight is 305 g/mol. The zero-order valence-corrected chi connectivity index (χ0v) is 11.6. The first-order valence-corrected chi connectivity index (χ1v) is 6.47. The van der Waals surface area contributed by atoms with Crippen molar-refractivity contribution in [2.45, 2.75) is 19.4 Å². The lowest BCUT2D eigenvalue weighted by atomic mass is 10.1. The maximum Gasteiger partial charge on any atom is 0.105 e. The highest BCUT2D eigenvalue weighted by molar-refractivity contribution is 9.10. The Labute approximate surface area is 115 Å². The second-order valence-corrected chi connectivity index (χ2v) is 4.96. The quantitative estimate of drug-likeness (QED) is 0.930. The Balaban J connectivity index is 2.10. The first-order chi connectivity index (χ1) is 8.70.